The molecule has 1 aliphatic heterocycles. The van der Waals surface area contributed by atoms with Crippen molar-refractivity contribution in [3.63, 3.8) is 0 Å². The van der Waals surface area contributed by atoms with Gasteiger partial charge < -0.3 is 15.0 Å². The van der Waals surface area contributed by atoms with Gasteiger partial charge in [-0.15, -0.1) is 0 Å². The highest BCUT2D eigenvalue weighted by molar-refractivity contribution is 5.94. The first-order valence-electron chi connectivity index (χ1n) is 9.46. The van der Waals surface area contributed by atoms with Crippen LogP contribution in [0.2, 0.25) is 0 Å². The number of nitrogens with one attached hydrogen (secondary N) is 1. The summed E-state index contributed by atoms with van der Waals surface area (Å²) in [6.07, 6.45) is 1.95. The second kappa shape index (κ2) is 8.26. The van der Waals surface area contributed by atoms with E-state index >= 15 is 0 Å². The largest absolute Gasteiger partial charge is 0.481 e. The monoisotopic (exact) mass is 352 g/mol. The predicted octanol–water partition coefficient (Wildman–Crippen LogP) is 4.82. The normalized spacial score (nSPS) is 15.2. The van der Waals surface area contributed by atoms with Crippen LogP contribution in [0.5, 0.6) is 5.75 Å². The minimum absolute atomic E-state index is 0.141. The summed E-state index contributed by atoms with van der Waals surface area (Å²) in [6, 6.07) is 15.9. The maximum Gasteiger partial charge on any atom is 0.265 e. The molecule has 0 aliphatic carbocycles. The van der Waals surface area contributed by atoms with Crippen LogP contribution < -0.4 is 15.0 Å². The summed E-state index contributed by atoms with van der Waals surface area (Å²) in [4.78, 5) is 14.9. The number of ether oxygens (including phenoxy) is 1. The topological polar surface area (TPSA) is 41.6 Å². The lowest BCUT2D eigenvalue weighted by atomic mass is 10.0. The van der Waals surface area contributed by atoms with E-state index in [2.05, 4.69) is 36.2 Å². The van der Waals surface area contributed by atoms with Crippen molar-refractivity contribution < 1.29 is 9.53 Å². The summed E-state index contributed by atoms with van der Waals surface area (Å²) < 4.78 is 5.93. The summed E-state index contributed by atoms with van der Waals surface area (Å²) in [7, 11) is 0. The van der Waals surface area contributed by atoms with Crippen LogP contribution in [0.1, 0.15) is 45.1 Å². The van der Waals surface area contributed by atoms with E-state index in [9.17, 15) is 4.79 Å². The van der Waals surface area contributed by atoms with E-state index in [1.54, 1.807) is 6.92 Å². The minimum atomic E-state index is -0.562. The molecule has 0 saturated carbocycles. The Kier molecular flexibility index (Phi) is 5.82. The maximum absolute atomic E-state index is 12.5. The standard InChI is InChI=1S/C22H28N2O2/c1-16(2)20-8-4-5-9-21(20)26-17(3)22(25)23-18-10-12-19(13-11-18)24-14-6-7-15-24/h4-5,8-13,16-17H,6-7,14-15H2,1-3H3,(H,23,25). The van der Waals surface area contributed by atoms with E-state index in [4.69, 9.17) is 4.74 Å². The number of benzene rings is 2. The second-order valence-electron chi connectivity index (χ2n) is 7.18. The minimum Gasteiger partial charge on any atom is -0.481 e. The van der Waals surface area contributed by atoms with Crippen LogP contribution in [0, 0.1) is 0 Å². The number of carbonyl (C=O) groups is 1. The Labute approximate surface area is 156 Å². The molecule has 0 bridgehead atoms. The lowest BCUT2D eigenvalue weighted by Gasteiger charge is -2.20. The second-order valence-corrected chi connectivity index (χ2v) is 7.18. The van der Waals surface area contributed by atoms with Crippen molar-refractivity contribution in [2.45, 2.75) is 45.6 Å². The highest BCUT2D eigenvalue weighted by Crippen LogP contribution is 2.27. The molecule has 138 valence electrons. The summed E-state index contributed by atoms with van der Waals surface area (Å²) in [6.45, 7) is 8.26. The molecular weight excluding hydrogens is 324 g/mol. The molecule has 1 unspecified atom stereocenters. The molecule has 1 N–H and O–H groups in total. The number of nitrogens with zero attached hydrogens (tertiary/aromatic N) is 1. The molecule has 4 nitrogen and oxygen atoms in total. The Morgan fingerprint density at radius 3 is 2.31 bits per heavy atom. The van der Waals surface area contributed by atoms with Crippen molar-refractivity contribution in [3.8, 4) is 5.75 Å². The average molecular weight is 352 g/mol. The highest BCUT2D eigenvalue weighted by Gasteiger charge is 2.18. The number of hydrogen-bond donors (Lipinski definition) is 1. The zero-order chi connectivity index (χ0) is 18.5. The number of carbonyl (C=O) groups excluding carboxylic acids is 1. The van der Waals surface area contributed by atoms with E-state index in [1.807, 2.05) is 36.4 Å². The fourth-order valence-corrected chi connectivity index (χ4v) is 3.28. The number of rotatable bonds is 6. The molecule has 2 aromatic rings. The summed E-state index contributed by atoms with van der Waals surface area (Å²) in [5, 5.41) is 2.95. The van der Waals surface area contributed by atoms with Crippen molar-refractivity contribution in [1.29, 1.82) is 0 Å². The van der Waals surface area contributed by atoms with E-state index in [-0.39, 0.29) is 5.91 Å². The molecule has 0 spiro atoms. The zero-order valence-electron chi connectivity index (χ0n) is 15.9. The molecule has 0 radical (unpaired) electrons. The third kappa shape index (κ3) is 4.37. The van der Waals surface area contributed by atoms with Gasteiger partial charge in [-0.05, 0) is 61.6 Å². The first kappa shape index (κ1) is 18.3. The van der Waals surface area contributed by atoms with E-state index in [1.165, 1.54) is 18.5 Å². The van der Waals surface area contributed by atoms with Gasteiger partial charge in [0.1, 0.15) is 5.75 Å². The SMILES string of the molecule is CC(Oc1ccccc1C(C)C)C(=O)Nc1ccc(N2CCCC2)cc1. The Balaban J connectivity index is 1.60. The Bertz CT molecular complexity index is 734. The van der Waals surface area contributed by atoms with Gasteiger partial charge in [0.05, 0.1) is 0 Å². The quantitative estimate of drug-likeness (QED) is 0.811. The molecule has 1 atom stereocenters. The number of amides is 1. The molecule has 0 aromatic heterocycles. The van der Waals surface area contributed by atoms with Crippen LogP contribution in [0.3, 0.4) is 0 Å². The van der Waals surface area contributed by atoms with Gasteiger partial charge in [-0.25, -0.2) is 0 Å². The highest BCUT2D eigenvalue weighted by atomic mass is 16.5. The van der Waals surface area contributed by atoms with Crippen LogP contribution in [0.15, 0.2) is 48.5 Å². The van der Waals surface area contributed by atoms with Gasteiger partial charge in [-0.2, -0.15) is 0 Å². The van der Waals surface area contributed by atoms with E-state index in [0.29, 0.717) is 5.92 Å². The first-order chi connectivity index (χ1) is 12.5. The van der Waals surface area contributed by atoms with Crippen LogP contribution in [0.25, 0.3) is 0 Å². The van der Waals surface area contributed by atoms with Crippen LogP contribution >= 0.6 is 0 Å². The third-order valence-electron chi connectivity index (χ3n) is 4.82. The molecule has 4 heteroatoms. The Morgan fingerprint density at radius 1 is 1.00 bits per heavy atom. The molecule has 1 fully saturated rings. The summed E-state index contributed by atoms with van der Waals surface area (Å²) in [5.41, 5.74) is 3.13. The van der Waals surface area contributed by atoms with Gasteiger partial charge in [0.2, 0.25) is 0 Å². The molecule has 2 aromatic carbocycles. The number of para-hydroxylation sites is 1. The molecule has 1 heterocycles. The van der Waals surface area contributed by atoms with Gasteiger partial charge in [-0.3, -0.25) is 4.79 Å². The van der Waals surface area contributed by atoms with Crippen molar-refractivity contribution in [2.75, 3.05) is 23.3 Å². The smallest absolute Gasteiger partial charge is 0.265 e. The van der Waals surface area contributed by atoms with Crippen molar-refractivity contribution >= 4 is 17.3 Å². The van der Waals surface area contributed by atoms with Gasteiger partial charge in [0.15, 0.2) is 6.10 Å². The third-order valence-corrected chi connectivity index (χ3v) is 4.82. The Morgan fingerprint density at radius 2 is 1.65 bits per heavy atom. The van der Waals surface area contributed by atoms with Gasteiger partial charge in [0, 0.05) is 24.5 Å². The summed E-state index contributed by atoms with van der Waals surface area (Å²) >= 11 is 0. The van der Waals surface area contributed by atoms with Gasteiger partial charge >= 0.3 is 0 Å². The van der Waals surface area contributed by atoms with Crippen LogP contribution in [-0.2, 0) is 4.79 Å². The number of anilines is 2. The number of hydrogen-bond acceptors (Lipinski definition) is 3. The zero-order valence-corrected chi connectivity index (χ0v) is 15.9. The fourth-order valence-electron chi connectivity index (χ4n) is 3.28. The van der Waals surface area contributed by atoms with Gasteiger partial charge in [0.25, 0.3) is 5.91 Å². The van der Waals surface area contributed by atoms with E-state index in [0.717, 1.165) is 30.1 Å². The maximum atomic E-state index is 12.5. The van der Waals surface area contributed by atoms with E-state index < -0.39 is 6.10 Å². The lowest BCUT2D eigenvalue weighted by molar-refractivity contribution is -0.122. The Hall–Kier alpha value is -2.49. The molecule has 1 saturated heterocycles. The predicted molar refractivity (Wildman–Crippen MR) is 107 cm³/mol. The molecule has 26 heavy (non-hydrogen) atoms. The molecule has 3 rings (SSSR count). The van der Waals surface area contributed by atoms with Crippen LogP contribution in [-0.4, -0.2) is 25.1 Å². The molecule has 1 aliphatic rings. The van der Waals surface area contributed by atoms with Crippen LogP contribution in [0.4, 0.5) is 11.4 Å². The first-order valence-corrected chi connectivity index (χ1v) is 9.46. The van der Waals surface area contributed by atoms with Gasteiger partial charge in [-0.1, -0.05) is 32.0 Å². The van der Waals surface area contributed by atoms with Crippen molar-refractivity contribution in [2.24, 2.45) is 0 Å². The molecule has 1 amide bonds. The van der Waals surface area contributed by atoms with Crippen molar-refractivity contribution in [3.05, 3.63) is 54.1 Å². The average Bonchev–Trinajstić information content (AvgIpc) is 3.17. The molecular formula is C22H28N2O2. The fraction of sp³-hybridized carbons (Fsp3) is 0.409. The lowest BCUT2D eigenvalue weighted by Crippen LogP contribution is -2.30. The summed E-state index contributed by atoms with van der Waals surface area (Å²) in [5.74, 6) is 0.978. The van der Waals surface area contributed by atoms with Crippen molar-refractivity contribution in [1.82, 2.24) is 0 Å².